The monoisotopic (exact) mass is 229 g/mol. The Kier molecular flexibility index (Phi) is 5.77. The van der Waals surface area contributed by atoms with Crippen molar-refractivity contribution in [2.24, 2.45) is 17.6 Å². The van der Waals surface area contributed by atoms with Gasteiger partial charge >= 0.3 is 5.97 Å². The minimum absolute atomic E-state index is 0.273. The SMILES string of the molecule is CCOC(=O)C(C)OCC1CCCC1CN. The summed E-state index contributed by atoms with van der Waals surface area (Å²) in [5, 5.41) is 0. The van der Waals surface area contributed by atoms with Gasteiger partial charge in [0.05, 0.1) is 13.2 Å². The topological polar surface area (TPSA) is 61.5 Å². The Morgan fingerprint density at radius 2 is 2.12 bits per heavy atom. The van der Waals surface area contributed by atoms with Gasteiger partial charge in [-0.05, 0) is 45.1 Å². The molecule has 1 rings (SSSR count). The van der Waals surface area contributed by atoms with Gasteiger partial charge < -0.3 is 15.2 Å². The van der Waals surface area contributed by atoms with Crippen molar-refractivity contribution in [2.45, 2.75) is 39.2 Å². The normalized spacial score (nSPS) is 26.7. The fourth-order valence-corrected chi connectivity index (χ4v) is 2.24. The highest BCUT2D eigenvalue weighted by Gasteiger charge is 2.27. The maximum atomic E-state index is 11.3. The van der Waals surface area contributed by atoms with Crippen LogP contribution in [0.4, 0.5) is 0 Å². The van der Waals surface area contributed by atoms with Crippen LogP contribution in [0.3, 0.4) is 0 Å². The van der Waals surface area contributed by atoms with E-state index in [2.05, 4.69) is 0 Å². The van der Waals surface area contributed by atoms with Crippen LogP contribution < -0.4 is 5.73 Å². The molecule has 0 spiro atoms. The molecule has 0 aliphatic heterocycles. The van der Waals surface area contributed by atoms with Crippen LogP contribution in [0.15, 0.2) is 0 Å². The molecule has 2 N–H and O–H groups in total. The van der Waals surface area contributed by atoms with Crippen LogP contribution in [-0.2, 0) is 14.3 Å². The Bertz CT molecular complexity index is 220. The number of carbonyl (C=O) groups excluding carboxylic acids is 1. The van der Waals surface area contributed by atoms with E-state index in [0.717, 1.165) is 13.0 Å². The van der Waals surface area contributed by atoms with Crippen molar-refractivity contribution in [3.63, 3.8) is 0 Å². The summed E-state index contributed by atoms with van der Waals surface area (Å²) in [5.74, 6) is 0.807. The van der Waals surface area contributed by atoms with Crippen LogP contribution in [0.1, 0.15) is 33.1 Å². The molecule has 1 saturated carbocycles. The van der Waals surface area contributed by atoms with Crippen molar-refractivity contribution in [1.82, 2.24) is 0 Å². The zero-order valence-electron chi connectivity index (χ0n) is 10.3. The largest absolute Gasteiger partial charge is 0.464 e. The van der Waals surface area contributed by atoms with Crippen LogP contribution in [0, 0.1) is 11.8 Å². The van der Waals surface area contributed by atoms with E-state index in [0.29, 0.717) is 25.0 Å². The molecule has 1 aliphatic rings. The summed E-state index contributed by atoms with van der Waals surface area (Å²) in [6.07, 6.45) is 3.12. The van der Waals surface area contributed by atoms with E-state index in [-0.39, 0.29) is 5.97 Å². The first-order valence-corrected chi connectivity index (χ1v) is 6.17. The third-order valence-electron chi connectivity index (χ3n) is 3.30. The van der Waals surface area contributed by atoms with E-state index in [1.165, 1.54) is 12.8 Å². The summed E-state index contributed by atoms with van der Waals surface area (Å²) in [5.41, 5.74) is 5.69. The van der Waals surface area contributed by atoms with E-state index in [1.54, 1.807) is 13.8 Å². The lowest BCUT2D eigenvalue weighted by molar-refractivity contribution is -0.156. The van der Waals surface area contributed by atoms with Gasteiger partial charge in [-0.2, -0.15) is 0 Å². The Balaban J connectivity index is 2.25. The highest BCUT2D eigenvalue weighted by Crippen LogP contribution is 2.31. The molecular weight excluding hydrogens is 206 g/mol. The Hall–Kier alpha value is -0.610. The maximum absolute atomic E-state index is 11.3. The second kappa shape index (κ2) is 6.86. The van der Waals surface area contributed by atoms with Crippen LogP contribution >= 0.6 is 0 Å². The average Bonchev–Trinajstić information content (AvgIpc) is 2.73. The summed E-state index contributed by atoms with van der Waals surface area (Å²) in [6, 6.07) is 0. The number of carbonyl (C=O) groups is 1. The van der Waals surface area contributed by atoms with Gasteiger partial charge in [-0.3, -0.25) is 0 Å². The number of hydrogen-bond donors (Lipinski definition) is 1. The second-order valence-electron chi connectivity index (χ2n) is 4.41. The third-order valence-corrected chi connectivity index (χ3v) is 3.30. The summed E-state index contributed by atoms with van der Waals surface area (Å²) in [6.45, 7) is 5.29. The number of nitrogens with two attached hydrogens (primary N) is 1. The van der Waals surface area contributed by atoms with Crippen molar-refractivity contribution in [1.29, 1.82) is 0 Å². The molecule has 0 radical (unpaired) electrons. The van der Waals surface area contributed by atoms with Crippen molar-refractivity contribution in [3.8, 4) is 0 Å². The van der Waals surface area contributed by atoms with E-state index in [4.69, 9.17) is 15.2 Å². The number of hydrogen-bond acceptors (Lipinski definition) is 4. The van der Waals surface area contributed by atoms with Crippen molar-refractivity contribution >= 4 is 5.97 Å². The number of rotatable bonds is 6. The van der Waals surface area contributed by atoms with Crippen LogP contribution in [-0.4, -0.2) is 31.8 Å². The molecular formula is C12H23NO3. The van der Waals surface area contributed by atoms with E-state index >= 15 is 0 Å². The zero-order valence-corrected chi connectivity index (χ0v) is 10.3. The molecule has 0 aromatic carbocycles. The molecule has 4 nitrogen and oxygen atoms in total. The molecule has 16 heavy (non-hydrogen) atoms. The first-order chi connectivity index (χ1) is 7.69. The molecule has 94 valence electrons. The van der Waals surface area contributed by atoms with E-state index in [1.807, 2.05) is 0 Å². The highest BCUT2D eigenvalue weighted by atomic mass is 16.6. The standard InChI is InChI=1S/C12H23NO3/c1-3-15-12(14)9(2)16-8-11-6-4-5-10(11)7-13/h9-11H,3-8,13H2,1-2H3. The molecule has 0 amide bonds. The second-order valence-corrected chi connectivity index (χ2v) is 4.41. The summed E-state index contributed by atoms with van der Waals surface area (Å²) >= 11 is 0. The quantitative estimate of drug-likeness (QED) is 0.698. The zero-order chi connectivity index (χ0) is 12.0. The predicted molar refractivity (Wildman–Crippen MR) is 61.9 cm³/mol. The first-order valence-electron chi connectivity index (χ1n) is 6.17. The lowest BCUT2D eigenvalue weighted by atomic mass is 9.97. The van der Waals surface area contributed by atoms with Crippen LogP contribution in [0.2, 0.25) is 0 Å². The van der Waals surface area contributed by atoms with Crippen molar-refractivity contribution in [3.05, 3.63) is 0 Å². The van der Waals surface area contributed by atoms with Crippen molar-refractivity contribution in [2.75, 3.05) is 19.8 Å². The fourth-order valence-electron chi connectivity index (χ4n) is 2.24. The smallest absolute Gasteiger partial charge is 0.334 e. The Labute approximate surface area is 97.5 Å². The number of esters is 1. The van der Waals surface area contributed by atoms with Gasteiger partial charge in [0.15, 0.2) is 6.10 Å². The van der Waals surface area contributed by atoms with Gasteiger partial charge in [-0.1, -0.05) is 6.42 Å². The molecule has 1 aliphatic carbocycles. The van der Waals surface area contributed by atoms with Crippen LogP contribution in [0.5, 0.6) is 0 Å². The minimum Gasteiger partial charge on any atom is -0.464 e. The summed E-state index contributed by atoms with van der Waals surface area (Å²) in [7, 11) is 0. The van der Waals surface area contributed by atoms with E-state index < -0.39 is 6.10 Å². The average molecular weight is 229 g/mol. The molecule has 0 aromatic rings. The lowest BCUT2D eigenvalue weighted by Gasteiger charge is -2.20. The van der Waals surface area contributed by atoms with Gasteiger partial charge in [-0.25, -0.2) is 4.79 Å². The lowest BCUT2D eigenvalue weighted by Crippen LogP contribution is -2.28. The third kappa shape index (κ3) is 3.76. The van der Waals surface area contributed by atoms with Gasteiger partial charge in [-0.15, -0.1) is 0 Å². The predicted octanol–water partition coefficient (Wildman–Crippen LogP) is 1.33. The van der Waals surface area contributed by atoms with Gasteiger partial charge in [0.25, 0.3) is 0 Å². The van der Waals surface area contributed by atoms with Gasteiger partial charge in [0.2, 0.25) is 0 Å². The van der Waals surface area contributed by atoms with Gasteiger partial charge in [0, 0.05) is 0 Å². The Morgan fingerprint density at radius 1 is 1.44 bits per heavy atom. The molecule has 0 aromatic heterocycles. The van der Waals surface area contributed by atoms with Crippen LogP contribution in [0.25, 0.3) is 0 Å². The first kappa shape index (κ1) is 13.5. The maximum Gasteiger partial charge on any atom is 0.334 e. The molecule has 3 unspecified atom stereocenters. The summed E-state index contributed by atoms with van der Waals surface area (Å²) < 4.78 is 10.4. The molecule has 3 atom stereocenters. The number of ether oxygens (including phenoxy) is 2. The molecule has 0 saturated heterocycles. The fraction of sp³-hybridized carbons (Fsp3) is 0.917. The Morgan fingerprint density at radius 3 is 2.75 bits per heavy atom. The van der Waals surface area contributed by atoms with Gasteiger partial charge in [0.1, 0.15) is 0 Å². The van der Waals surface area contributed by atoms with E-state index in [9.17, 15) is 4.79 Å². The minimum atomic E-state index is -0.459. The molecule has 4 heteroatoms. The molecule has 1 fully saturated rings. The molecule has 0 bridgehead atoms. The highest BCUT2D eigenvalue weighted by molar-refractivity contribution is 5.74. The van der Waals surface area contributed by atoms with Crippen molar-refractivity contribution < 1.29 is 14.3 Å². The molecule has 0 heterocycles. The summed E-state index contributed by atoms with van der Waals surface area (Å²) in [4.78, 5) is 11.3.